The van der Waals surface area contributed by atoms with Gasteiger partial charge in [0.05, 0.1) is 29.8 Å². The van der Waals surface area contributed by atoms with Gasteiger partial charge >= 0.3 is 0 Å². The third-order valence-corrected chi connectivity index (χ3v) is 3.84. The molecule has 1 aliphatic heterocycles. The second kappa shape index (κ2) is 6.51. The molecule has 1 N–H and O–H groups in total. The molecule has 0 unspecified atom stereocenters. The Hall–Kier alpha value is -2.50. The zero-order valence-corrected chi connectivity index (χ0v) is 12.6. The summed E-state index contributed by atoms with van der Waals surface area (Å²) >= 11 is 0. The Bertz CT molecular complexity index is 629. The SMILES string of the molecule is CCC(=O)N1CCC[C@@H]1c1ccc(Nc2cnccn2)cn1. The lowest BCUT2D eigenvalue weighted by Crippen LogP contribution is -2.30. The maximum atomic E-state index is 12.0. The average molecular weight is 297 g/mol. The van der Waals surface area contributed by atoms with E-state index in [1.807, 2.05) is 24.0 Å². The molecule has 2 aromatic rings. The van der Waals surface area contributed by atoms with Gasteiger partial charge in [-0.25, -0.2) is 4.98 Å². The molecule has 3 rings (SSSR count). The van der Waals surface area contributed by atoms with Gasteiger partial charge < -0.3 is 10.2 Å². The topological polar surface area (TPSA) is 71.0 Å². The maximum absolute atomic E-state index is 12.0. The average Bonchev–Trinajstić information content (AvgIpc) is 3.05. The number of anilines is 2. The van der Waals surface area contributed by atoms with E-state index in [0.29, 0.717) is 12.2 Å². The van der Waals surface area contributed by atoms with Crippen LogP contribution in [-0.2, 0) is 4.79 Å². The Morgan fingerprint density at radius 2 is 2.23 bits per heavy atom. The second-order valence-corrected chi connectivity index (χ2v) is 5.29. The summed E-state index contributed by atoms with van der Waals surface area (Å²) in [6.07, 6.45) is 9.27. The number of nitrogens with zero attached hydrogens (tertiary/aromatic N) is 4. The van der Waals surface area contributed by atoms with Gasteiger partial charge in [0.1, 0.15) is 5.82 Å². The number of aromatic nitrogens is 3. The van der Waals surface area contributed by atoms with Gasteiger partial charge in [0.25, 0.3) is 0 Å². The van der Waals surface area contributed by atoms with E-state index in [0.717, 1.165) is 30.8 Å². The molecule has 3 heterocycles. The molecule has 6 nitrogen and oxygen atoms in total. The molecule has 1 atom stereocenters. The van der Waals surface area contributed by atoms with E-state index in [9.17, 15) is 4.79 Å². The van der Waals surface area contributed by atoms with Crippen molar-refractivity contribution in [3.63, 3.8) is 0 Å². The number of carbonyl (C=O) groups is 1. The lowest BCUT2D eigenvalue weighted by molar-refractivity contribution is -0.131. The van der Waals surface area contributed by atoms with Gasteiger partial charge in [-0.05, 0) is 25.0 Å². The number of nitrogens with one attached hydrogen (secondary N) is 1. The summed E-state index contributed by atoms with van der Waals surface area (Å²) in [6, 6.07) is 4.05. The van der Waals surface area contributed by atoms with Crippen LogP contribution in [0.25, 0.3) is 0 Å². The quantitative estimate of drug-likeness (QED) is 0.939. The zero-order chi connectivity index (χ0) is 15.4. The predicted octanol–water partition coefficient (Wildman–Crippen LogP) is 2.69. The fraction of sp³-hybridized carbons (Fsp3) is 0.375. The van der Waals surface area contributed by atoms with E-state index in [4.69, 9.17) is 0 Å². The minimum atomic E-state index is 0.109. The highest BCUT2D eigenvalue weighted by Gasteiger charge is 2.29. The summed E-state index contributed by atoms with van der Waals surface area (Å²) < 4.78 is 0. The highest BCUT2D eigenvalue weighted by atomic mass is 16.2. The summed E-state index contributed by atoms with van der Waals surface area (Å²) in [7, 11) is 0. The molecule has 0 bridgehead atoms. The van der Waals surface area contributed by atoms with E-state index in [1.54, 1.807) is 24.8 Å². The van der Waals surface area contributed by atoms with Gasteiger partial charge in [0.15, 0.2) is 0 Å². The lowest BCUT2D eigenvalue weighted by Gasteiger charge is -2.24. The molecule has 114 valence electrons. The number of hydrogen-bond donors (Lipinski definition) is 1. The molecule has 1 aliphatic rings. The third-order valence-electron chi connectivity index (χ3n) is 3.84. The number of carbonyl (C=O) groups excluding carboxylic acids is 1. The summed E-state index contributed by atoms with van der Waals surface area (Å²) in [5.41, 5.74) is 1.81. The van der Waals surface area contributed by atoms with Crippen molar-refractivity contribution in [3.8, 4) is 0 Å². The molecule has 1 amide bonds. The van der Waals surface area contributed by atoms with Gasteiger partial charge in [-0.3, -0.25) is 14.8 Å². The minimum Gasteiger partial charge on any atom is -0.338 e. The number of pyridine rings is 1. The van der Waals surface area contributed by atoms with E-state index < -0.39 is 0 Å². The van der Waals surface area contributed by atoms with Gasteiger partial charge in [-0.2, -0.15) is 0 Å². The Morgan fingerprint density at radius 1 is 1.32 bits per heavy atom. The molecule has 2 aromatic heterocycles. The normalized spacial score (nSPS) is 17.5. The van der Waals surface area contributed by atoms with Crippen molar-refractivity contribution in [2.24, 2.45) is 0 Å². The summed E-state index contributed by atoms with van der Waals surface area (Å²) in [6.45, 7) is 2.73. The van der Waals surface area contributed by atoms with Crippen molar-refractivity contribution >= 4 is 17.4 Å². The largest absolute Gasteiger partial charge is 0.338 e. The van der Waals surface area contributed by atoms with Crippen LogP contribution in [0, 0.1) is 0 Å². The first kappa shape index (κ1) is 14.4. The molecule has 22 heavy (non-hydrogen) atoms. The number of likely N-dealkylation sites (tertiary alicyclic amines) is 1. The fourth-order valence-electron chi connectivity index (χ4n) is 2.76. The summed E-state index contributed by atoms with van der Waals surface area (Å²) in [5, 5.41) is 3.15. The van der Waals surface area contributed by atoms with E-state index in [2.05, 4.69) is 20.3 Å². The van der Waals surface area contributed by atoms with E-state index in [-0.39, 0.29) is 11.9 Å². The Balaban J connectivity index is 1.72. The standard InChI is InChI=1S/C16H19N5O/c1-2-16(22)21-9-3-4-14(21)13-6-5-12(10-19-13)20-15-11-17-7-8-18-15/h5-8,10-11,14H,2-4,9H2,1H3,(H,18,20)/t14-/m1/s1. The monoisotopic (exact) mass is 297 g/mol. The van der Waals surface area contributed by atoms with Crippen molar-refractivity contribution < 1.29 is 4.79 Å². The molecular weight excluding hydrogens is 278 g/mol. The van der Waals surface area contributed by atoms with Crippen molar-refractivity contribution in [2.45, 2.75) is 32.2 Å². The molecule has 0 aromatic carbocycles. The Morgan fingerprint density at radius 3 is 2.91 bits per heavy atom. The fourth-order valence-corrected chi connectivity index (χ4v) is 2.76. The van der Waals surface area contributed by atoms with Crippen LogP contribution in [0.1, 0.15) is 37.9 Å². The van der Waals surface area contributed by atoms with Gasteiger partial charge in [0.2, 0.25) is 5.91 Å². The van der Waals surface area contributed by atoms with Crippen LogP contribution in [0.3, 0.4) is 0 Å². The first-order valence-electron chi connectivity index (χ1n) is 7.56. The zero-order valence-electron chi connectivity index (χ0n) is 12.6. The van der Waals surface area contributed by atoms with Gasteiger partial charge in [-0.15, -0.1) is 0 Å². The predicted molar refractivity (Wildman–Crippen MR) is 83.5 cm³/mol. The number of hydrogen-bond acceptors (Lipinski definition) is 5. The highest BCUT2D eigenvalue weighted by molar-refractivity contribution is 5.76. The van der Waals surface area contributed by atoms with Crippen molar-refractivity contribution in [2.75, 3.05) is 11.9 Å². The van der Waals surface area contributed by atoms with Crippen molar-refractivity contribution in [1.82, 2.24) is 19.9 Å². The summed E-state index contributed by atoms with van der Waals surface area (Å²) in [5.74, 6) is 0.881. The minimum absolute atomic E-state index is 0.109. The van der Waals surface area contributed by atoms with Crippen LogP contribution >= 0.6 is 0 Å². The van der Waals surface area contributed by atoms with Gasteiger partial charge in [0, 0.05) is 25.4 Å². The van der Waals surface area contributed by atoms with Crippen LogP contribution in [-0.4, -0.2) is 32.3 Å². The van der Waals surface area contributed by atoms with E-state index >= 15 is 0 Å². The number of rotatable bonds is 4. The summed E-state index contributed by atoms with van der Waals surface area (Å²) in [4.78, 5) is 26.6. The maximum Gasteiger partial charge on any atom is 0.222 e. The smallest absolute Gasteiger partial charge is 0.222 e. The third kappa shape index (κ3) is 3.05. The Labute approximate surface area is 129 Å². The first-order valence-corrected chi connectivity index (χ1v) is 7.56. The van der Waals surface area contributed by atoms with Crippen LogP contribution in [0.2, 0.25) is 0 Å². The van der Waals surface area contributed by atoms with Crippen LogP contribution in [0.5, 0.6) is 0 Å². The van der Waals surface area contributed by atoms with E-state index in [1.165, 1.54) is 0 Å². The van der Waals surface area contributed by atoms with Gasteiger partial charge in [-0.1, -0.05) is 6.92 Å². The number of amides is 1. The van der Waals surface area contributed by atoms with Crippen LogP contribution in [0.15, 0.2) is 36.9 Å². The molecule has 6 heteroatoms. The molecule has 0 spiro atoms. The van der Waals surface area contributed by atoms with Crippen LogP contribution < -0.4 is 5.32 Å². The second-order valence-electron chi connectivity index (χ2n) is 5.29. The first-order chi connectivity index (χ1) is 10.8. The molecule has 0 radical (unpaired) electrons. The molecule has 1 fully saturated rings. The molecule has 0 aliphatic carbocycles. The Kier molecular flexibility index (Phi) is 4.27. The van der Waals surface area contributed by atoms with Crippen LogP contribution in [0.4, 0.5) is 11.5 Å². The molecule has 1 saturated heterocycles. The molecule has 0 saturated carbocycles. The molecular formula is C16H19N5O. The van der Waals surface area contributed by atoms with Crippen molar-refractivity contribution in [1.29, 1.82) is 0 Å². The van der Waals surface area contributed by atoms with Crippen molar-refractivity contribution in [3.05, 3.63) is 42.6 Å². The highest BCUT2D eigenvalue weighted by Crippen LogP contribution is 2.31. The lowest BCUT2D eigenvalue weighted by atomic mass is 10.1.